The molecular formula is C18H26N4O3. The lowest BCUT2D eigenvalue weighted by Gasteiger charge is -2.42. The molecule has 2 aliphatic heterocycles. The van der Waals surface area contributed by atoms with Crippen LogP contribution in [0, 0.1) is 16.7 Å². The average molecular weight is 346 g/mol. The van der Waals surface area contributed by atoms with Gasteiger partial charge in [-0.05, 0) is 31.1 Å². The minimum absolute atomic E-state index is 0.0729. The number of hydrogen-bond donors (Lipinski definition) is 1. The van der Waals surface area contributed by atoms with Crippen LogP contribution in [0.25, 0.3) is 0 Å². The van der Waals surface area contributed by atoms with Gasteiger partial charge in [0.15, 0.2) is 0 Å². The number of rotatable bonds is 3. The maximum absolute atomic E-state index is 12.6. The second-order valence-electron chi connectivity index (χ2n) is 8.14. The summed E-state index contributed by atoms with van der Waals surface area (Å²) in [6.45, 7) is 4.65. The van der Waals surface area contributed by atoms with Gasteiger partial charge in [-0.25, -0.2) is 4.79 Å². The van der Waals surface area contributed by atoms with Crippen molar-refractivity contribution in [1.82, 2.24) is 15.1 Å². The quantitative estimate of drug-likeness (QED) is 0.788. The number of likely N-dealkylation sites (tertiary alicyclic amines) is 1. The van der Waals surface area contributed by atoms with Crippen LogP contribution < -0.4 is 5.32 Å². The van der Waals surface area contributed by atoms with Gasteiger partial charge in [0.25, 0.3) is 5.91 Å². The first-order chi connectivity index (χ1) is 11.8. The monoisotopic (exact) mass is 346 g/mol. The lowest BCUT2D eigenvalue weighted by molar-refractivity contribution is -0.137. The summed E-state index contributed by atoms with van der Waals surface area (Å²) in [5, 5.41) is 12.3. The van der Waals surface area contributed by atoms with E-state index < -0.39 is 17.6 Å². The molecule has 136 valence electrons. The van der Waals surface area contributed by atoms with Crippen LogP contribution in [0.3, 0.4) is 0 Å². The molecule has 1 spiro atoms. The molecule has 1 N–H and O–H groups in total. The molecular weight excluding hydrogens is 320 g/mol. The topological polar surface area (TPSA) is 93.5 Å². The van der Waals surface area contributed by atoms with E-state index in [4.69, 9.17) is 0 Å². The molecule has 0 aromatic heterocycles. The van der Waals surface area contributed by atoms with E-state index in [0.717, 1.165) is 25.7 Å². The fraction of sp³-hybridized carbons (Fsp3) is 0.778. The SMILES string of the molecule is CC1(C)CCCN(C(=O)CCN2C(=O)NC3(CCCC3)C2=O)C1C#N. The van der Waals surface area contributed by atoms with Gasteiger partial charge in [0.1, 0.15) is 11.6 Å². The zero-order chi connectivity index (χ0) is 18.2. The number of nitrogens with zero attached hydrogens (tertiary/aromatic N) is 3. The maximum Gasteiger partial charge on any atom is 0.325 e. The van der Waals surface area contributed by atoms with Crippen molar-refractivity contribution in [1.29, 1.82) is 5.26 Å². The largest absolute Gasteiger partial charge is 0.326 e. The standard InChI is InChI=1S/C18H26N4O3/c1-17(2)7-5-10-21(13(17)12-19)14(23)6-11-22-15(24)18(20-16(22)25)8-3-4-9-18/h13H,3-11H2,1-2H3,(H,20,25). The Labute approximate surface area is 148 Å². The number of carbonyl (C=O) groups is 3. The van der Waals surface area contributed by atoms with Gasteiger partial charge in [0.05, 0.1) is 6.07 Å². The van der Waals surface area contributed by atoms with E-state index >= 15 is 0 Å². The van der Waals surface area contributed by atoms with Crippen molar-refractivity contribution in [3.8, 4) is 6.07 Å². The maximum atomic E-state index is 12.6. The van der Waals surface area contributed by atoms with Crippen molar-refractivity contribution in [2.45, 2.75) is 70.4 Å². The third-order valence-corrected chi connectivity index (χ3v) is 5.97. The van der Waals surface area contributed by atoms with Gasteiger partial charge in [0, 0.05) is 19.5 Å². The Morgan fingerprint density at radius 2 is 1.92 bits per heavy atom. The molecule has 2 saturated heterocycles. The Hall–Kier alpha value is -2.10. The first-order valence-corrected chi connectivity index (χ1v) is 9.14. The van der Waals surface area contributed by atoms with E-state index in [1.807, 2.05) is 13.8 Å². The highest BCUT2D eigenvalue weighted by molar-refractivity contribution is 6.07. The smallest absolute Gasteiger partial charge is 0.325 e. The summed E-state index contributed by atoms with van der Waals surface area (Å²) in [5.41, 5.74) is -0.972. The average Bonchev–Trinajstić information content (AvgIpc) is 3.11. The van der Waals surface area contributed by atoms with Gasteiger partial charge in [-0.1, -0.05) is 26.7 Å². The number of urea groups is 1. The van der Waals surface area contributed by atoms with Crippen molar-refractivity contribution in [2.75, 3.05) is 13.1 Å². The molecule has 1 unspecified atom stereocenters. The van der Waals surface area contributed by atoms with Gasteiger partial charge in [-0.2, -0.15) is 5.26 Å². The van der Waals surface area contributed by atoms with Crippen LogP contribution in [0.2, 0.25) is 0 Å². The predicted molar refractivity (Wildman–Crippen MR) is 90.2 cm³/mol. The van der Waals surface area contributed by atoms with Crippen LogP contribution in [-0.4, -0.2) is 52.3 Å². The molecule has 0 radical (unpaired) electrons. The molecule has 4 amide bonds. The lowest BCUT2D eigenvalue weighted by Crippen LogP contribution is -2.52. The minimum Gasteiger partial charge on any atom is -0.326 e. The highest BCUT2D eigenvalue weighted by atomic mass is 16.2. The molecule has 25 heavy (non-hydrogen) atoms. The zero-order valence-corrected chi connectivity index (χ0v) is 15.0. The Balaban J connectivity index is 1.63. The number of nitriles is 1. The third kappa shape index (κ3) is 2.99. The molecule has 7 heteroatoms. The van der Waals surface area contributed by atoms with E-state index in [9.17, 15) is 19.6 Å². The van der Waals surface area contributed by atoms with E-state index in [1.54, 1.807) is 4.90 Å². The predicted octanol–water partition coefficient (Wildman–Crippen LogP) is 1.78. The van der Waals surface area contributed by atoms with Gasteiger partial charge >= 0.3 is 6.03 Å². The van der Waals surface area contributed by atoms with Crippen molar-refractivity contribution >= 4 is 17.8 Å². The molecule has 0 aromatic carbocycles. The van der Waals surface area contributed by atoms with Gasteiger partial charge in [0.2, 0.25) is 5.91 Å². The number of carbonyl (C=O) groups excluding carboxylic acids is 3. The zero-order valence-electron chi connectivity index (χ0n) is 15.0. The van der Waals surface area contributed by atoms with E-state index in [1.165, 1.54) is 4.90 Å². The first kappa shape index (κ1) is 17.7. The molecule has 1 atom stereocenters. The fourth-order valence-corrected chi connectivity index (χ4v) is 4.45. The molecule has 3 aliphatic rings. The van der Waals surface area contributed by atoms with Crippen LogP contribution in [-0.2, 0) is 9.59 Å². The van der Waals surface area contributed by atoms with Crippen molar-refractivity contribution in [3.63, 3.8) is 0 Å². The normalized spacial score (nSPS) is 27.5. The van der Waals surface area contributed by atoms with E-state index in [0.29, 0.717) is 19.4 Å². The molecule has 1 aliphatic carbocycles. The summed E-state index contributed by atoms with van der Waals surface area (Å²) in [6.07, 6.45) is 5.08. The molecule has 3 fully saturated rings. The number of amides is 4. The summed E-state index contributed by atoms with van der Waals surface area (Å²) in [4.78, 5) is 40.2. The second-order valence-corrected chi connectivity index (χ2v) is 8.14. The van der Waals surface area contributed by atoms with E-state index in [2.05, 4.69) is 11.4 Å². The summed E-state index contributed by atoms with van der Waals surface area (Å²) >= 11 is 0. The van der Waals surface area contributed by atoms with Crippen LogP contribution in [0.5, 0.6) is 0 Å². The molecule has 3 rings (SSSR count). The van der Waals surface area contributed by atoms with Crippen LogP contribution >= 0.6 is 0 Å². The van der Waals surface area contributed by atoms with Gasteiger partial charge < -0.3 is 10.2 Å². The molecule has 1 saturated carbocycles. The Bertz CT molecular complexity index is 631. The number of imide groups is 1. The molecule has 2 heterocycles. The van der Waals surface area contributed by atoms with Gasteiger partial charge in [-0.15, -0.1) is 0 Å². The Kier molecular flexibility index (Phi) is 4.48. The molecule has 0 aromatic rings. The highest BCUT2D eigenvalue weighted by Gasteiger charge is 2.52. The molecule has 0 bridgehead atoms. The number of nitrogens with one attached hydrogen (secondary N) is 1. The Morgan fingerprint density at radius 3 is 2.56 bits per heavy atom. The fourth-order valence-electron chi connectivity index (χ4n) is 4.45. The van der Waals surface area contributed by atoms with E-state index in [-0.39, 0.29) is 30.2 Å². The van der Waals surface area contributed by atoms with Crippen LogP contribution in [0.1, 0.15) is 58.8 Å². The Morgan fingerprint density at radius 1 is 1.24 bits per heavy atom. The summed E-state index contributed by atoms with van der Waals surface area (Å²) < 4.78 is 0. The van der Waals surface area contributed by atoms with Gasteiger partial charge in [-0.3, -0.25) is 14.5 Å². The first-order valence-electron chi connectivity index (χ1n) is 9.14. The van der Waals surface area contributed by atoms with Crippen LogP contribution in [0.4, 0.5) is 4.79 Å². The second kappa shape index (κ2) is 6.32. The summed E-state index contributed by atoms with van der Waals surface area (Å²) in [5.74, 6) is -0.356. The van der Waals surface area contributed by atoms with Crippen LogP contribution in [0.15, 0.2) is 0 Å². The number of hydrogen-bond acceptors (Lipinski definition) is 4. The van der Waals surface area contributed by atoms with Crippen molar-refractivity contribution in [2.24, 2.45) is 5.41 Å². The lowest BCUT2D eigenvalue weighted by atomic mass is 9.77. The highest BCUT2D eigenvalue weighted by Crippen LogP contribution is 2.36. The summed E-state index contributed by atoms with van der Waals surface area (Å²) in [6, 6.07) is 1.40. The summed E-state index contributed by atoms with van der Waals surface area (Å²) in [7, 11) is 0. The van der Waals surface area contributed by atoms with Crippen molar-refractivity contribution < 1.29 is 14.4 Å². The molecule has 7 nitrogen and oxygen atoms in total. The van der Waals surface area contributed by atoms with Crippen molar-refractivity contribution in [3.05, 3.63) is 0 Å². The minimum atomic E-state index is -0.734. The third-order valence-electron chi connectivity index (χ3n) is 5.97. The number of piperidine rings is 1.